The van der Waals surface area contributed by atoms with Crippen LogP contribution in [0.2, 0.25) is 0 Å². The summed E-state index contributed by atoms with van der Waals surface area (Å²) in [6.45, 7) is 0. The van der Waals surface area contributed by atoms with Crippen molar-refractivity contribution < 1.29 is 13.2 Å². The summed E-state index contributed by atoms with van der Waals surface area (Å²) in [5.74, 6) is 1.31. The molecule has 3 atom stereocenters. The molecule has 0 heterocycles. The molecule has 2 bridgehead atoms. The van der Waals surface area contributed by atoms with Crippen LogP contribution >= 0.6 is 11.8 Å². The van der Waals surface area contributed by atoms with Gasteiger partial charge in [-0.1, -0.05) is 6.42 Å². The van der Waals surface area contributed by atoms with E-state index in [2.05, 4.69) is 10.0 Å². The van der Waals surface area contributed by atoms with E-state index in [1.54, 1.807) is 60.3 Å². The van der Waals surface area contributed by atoms with E-state index >= 15 is 0 Å². The number of rotatable bonds is 6. The number of hydrogen-bond acceptors (Lipinski definition) is 4. The number of anilines is 1. The Morgan fingerprint density at radius 2 is 1.71 bits per heavy atom. The highest BCUT2D eigenvalue weighted by Crippen LogP contribution is 2.44. The fraction of sp³-hybridized carbons (Fsp3) is 0.381. The number of fused-ring (bicyclic) bond motifs is 2. The van der Waals surface area contributed by atoms with Crippen LogP contribution in [0.3, 0.4) is 0 Å². The summed E-state index contributed by atoms with van der Waals surface area (Å²) in [5.41, 5.74) is 0.987. The summed E-state index contributed by atoms with van der Waals surface area (Å²) in [6.07, 6.45) is 6.78. The van der Waals surface area contributed by atoms with Gasteiger partial charge in [0, 0.05) is 22.2 Å². The van der Waals surface area contributed by atoms with Gasteiger partial charge in [-0.15, -0.1) is 11.8 Å². The molecule has 0 aromatic heterocycles. The second-order valence-electron chi connectivity index (χ2n) is 7.61. The highest BCUT2D eigenvalue weighted by atomic mass is 32.2. The van der Waals surface area contributed by atoms with Crippen molar-refractivity contribution in [1.82, 2.24) is 5.32 Å². The number of carbonyl (C=O) groups is 1. The number of nitrogens with one attached hydrogen (secondary N) is 2. The summed E-state index contributed by atoms with van der Waals surface area (Å²) in [7, 11) is -3.66. The van der Waals surface area contributed by atoms with Crippen molar-refractivity contribution in [2.45, 2.75) is 41.5 Å². The molecule has 2 aliphatic carbocycles. The Morgan fingerprint density at radius 3 is 2.29 bits per heavy atom. The van der Waals surface area contributed by atoms with Gasteiger partial charge in [0.25, 0.3) is 15.9 Å². The standard InChI is InChI=1S/C21H24N2O3S2/c1-27-18-8-10-19(11-9-18)28(25,26)23-17-6-4-15(5-7-17)21(24)22-20-13-14-2-3-16(20)12-14/h4-11,14,16,20,23H,2-3,12-13H2,1H3,(H,22,24)/t14?,16?,20-/m1/s1. The van der Waals surface area contributed by atoms with E-state index in [9.17, 15) is 13.2 Å². The SMILES string of the molecule is CSc1ccc(S(=O)(=O)Nc2ccc(C(=O)N[C@@H]3CC4CCC3C4)cc2)cc1. The molecule has 4 rings (SSSR count). The quantitative estimate of drug-likeness (QED) is 0.695. The average Bonchev–Trinajstić information content (AvgIpc) is 3.31. The molecule has 2 aliphatic rings. The van der Waals surface area contributed by atoms with Crippen molar-refractivity contribution in [3.63, 3.8) is 0 Å². The lowest BCUT2D eigenvalue weighted by Gasteiger charge is -2.22. The first kappa shape index (κ1) is 19.3. The van der Waals surface area contributed by atoms with Crippen molar-refractivity contribution >= 4 is 33.4 Å². The Labute approximate surface area is 170 Å². The lowest BCUT2D eigenvalue weighted by atomic mass is 9.95. The first-order valence-electron chi connectivity index (χ1n) is 9.52. The summed E-state index contributed by atoms with van der Waals surface area (Å²) < 4.78 is 27.6. The van der Waals surface area contributed by atoms with Gasteiger partial charge < -0.3 is 5.32 Å². The average molecular weight is 417 g/mol. The summed E-state index contributed by atoms with van der Waals surface area (Å²) in [5, 5.41) is 3.15. The van der Waals surface area contributed by atoms with Crippen LogP contribution in [0.25, 0.3) is 0 Å². The van der Waals surface area contributed by atoms with Crippen LogP contribution in [0, 0.1) is 11.8 Å². The van der Waals surface area contributed by atoms with Gasteiger partial charge in [-0.2, -0.15) is 0 Å². The molecule has 2 saturated carbocycles. The maximum atomic E-state index is 12.5. The molecule has 0 radical (unpaired) electrons. The molecule has 28 heavy (non-hydrogen) atoms. The van der Waals surface area contributed by atoms with E-state index in [4.69, 9.17) is 0 Å². The minimum atomic E-state index is -3.66. The molecular weight excluding hydrogens is 392 g/mol. The fourth-order valence-electron chi connectivity index (χ4n) is 4.33. The highest BCUT2D eigenvalue weighted by Gasteiger charge is 2.40. The van der Waals surface area contributed by atoms with Crippen molar-refractivity contribution in [2.24, 2.45) is 11.8 Å². The minimum Gasteiger partial charge on any atom is -0.349 e. The van der Waals surface area contributed by atoms with Gasteiger partial charge in [-0.25, -0.2) is 8.42 Å². The van der Waals surface area contributed by atoms with Crippen LogP contribution in [0.5, 0.6) is 0 Å². The molecule has 2 fully saturated rings. The van der Waals surface area contributed by atoms with Crippen LogP contribution in [0.15, 0.2) is 58.3 Å². The van der Waals surface area contributed by atoms with E-state index in [1.165, 1.54) is 19.3 Å². The first-order chi connectivity index (χ1) is 13.4. The molecular formula is C21H24N2O3S2. The fourth-order valence-corrected chi connectivity index (χ4v) is 5.80. The lowest BCUT2D eigenvalue weighted by Crippen LogP contribution is -2.38. The van der Waals surface area contributed by atoms with Gasteiger partial charge in [-0.3, -0.25) is 9.52 Å². The monoisotopic (exact) mass is 416 g/mol. The number of thioether (sulfide) groups is 1. The predicted molar refractivity (Wildman–Crippen MR) is 112 cm³/mol. The van der Waals surface area contributed by atoms with Gasteiger partial charge in [0.15, 0.2) is 0 Å². The van der Waals surface area contributed by atoms with E-state index in [0.29, 0.717) is 17.2 Å². The molecule has 148 valence electrons. The van der Waals surface area contributed by atoms with Gasteiger partial charge in [0.1, 0.15) is 0 Å². The summed E-state index contributed by atoms with van der Waals surface area (Å²) in [4.78, 5) is 13.7. The molecule has 2 N–H and O–H groups in total. The number of amides is 1. The smallest absolute Gasteiger partial charge is 0.261 e. The maximum Gasteiger partial charge on any atom is 0.261 e. The van der Waals surface area contributed by atoms with Gasteiger partial charge in [-0.05, 0) is 85.9 Å². The topological polar surface area (TPSA) is 75.3 Å². The van der Waals surface area contributed by atoms with Crippen LogP contribution in [0.4, 0.5) is 5.69 Å². The number of sulfonamides is 1. The molecule has 2 aromatic carbocycles. The molecule has 0 saturated heterocycles. The highest BCUT2D eigenvalue weighted by molar-refractivity contribution is 7.98. The number of hydrogen-bond donors (Lipinski definition) is 2. The van der Waals surface area contributed by atoms with Crippen molar-refractivity contribution in [3.8, 4) is 0 Å². The van der Waals surface area contributed by atoms with Crippen LogP contribution in [-0.2, 0) is 10.0 Å². The zero-order valence-corrected chi connectivity index (χ0v) is 17.4. The second-order valence-corrected chi connectivity index (χ2v) is 10.2. The maximum absolute atomic E-state index is 12.5. The summed E-state index contributed by atoms with van der Waals surface area (Å²) in [6, 6.07) is 13.6. The van der Waals surface area contributed by atoms with E-state index in [-0.39, 0.29) is 16.8 Å². The van der Waals surface area contributed by atoms with Crippen LogP contribution < -0.4 is 10.0 Å². The van der Waals surface area contributed by atoms with Crippen LogP contribution in [-0.4, -0.2) is 26.6 Å². The van der Waals surface area contributed by atoms with Crippen LogP contribution in [0.1, 0.15) is 36.0 Å². The summed E-state index contributed by atoms with van der Waals surface area (Å²) >= 11 is 1.56. The Bertz CT molecular complexity index is 956. The van der Waals surface area contributed by atoms with E-state index in [0.717, 1.165) is 17.2 Å². The number of benzene rings is 2. The third kappa shape index (κ3) is 4.05. The zero-order valence-electron chi connectivity index (χ0n) is 15.7. The molecule has 5 nitrogen and oxygen atoms in total. The van der Waals surface area contributed by atoms with E-state index in [1.807, 2.05) is 6.26 Å². The normalized spacial score (nSPS) is 23.5. The Balaban J connectivity index is 1.40. The predicted octanol–water partition coefficient (Wildman–Crippen LogP) is 4.13. The number of carbonyl (C=O) groups excluding carboxylic acids is 1. The molecule has 7 heteroatoms. The Hall–Kier alpha value is -1.99. The van der Waals surface area contributed by atoms with E-state index < -0.39 is 10.0 Å². The second kappa shape index (κ2) is 7.79. The van der Waals surface area contributed by atoms with Crippen molar-refractivity contribution in [3.05, 3.63) is 54.1 Å². The third-order valence-corrected chi connectivity index (χ3v) is 7.96. The van der Waals surface area contributed by atoms with Crippen molar-refractivity contribution in [2.75, 3.05) is 11.0 Å². The lowest BCUT2D eigenvalue weighted by molar-refractivity contribution is 0.0923. The third-order valence-electron chi connectivity index (χ3n) is 5.82. The zero-order chi connectivity index (χ0) is 19.7. The molecule has 1 amide bonds. The minimum absolute atomic E-state index is 0.0837. The largest absolute Gasteiger partial charge is 0.349 e. The van der Waals surface area contributed by atoms with Gasteiger partial charge in [0.05, 0.1) is 4.90 Å². The molecule has 0 spiro atoms. The van der Waals surface area contributed by atoms with Gasteiger partial charge >= 0.3 is 0 Å². The molecule has 2 aromatic rings. The van der Waals surface area contributed by atoms with Crippen molar-refractivity contribution in [1.29, 1.82) is 0 Å². The molecule has 0 aliphatic heterocycles. The van der Waals surface area contributed by atoms with Gasteiger partial charge in [0.2, 0.25) is 0 Å². The Kier molecular flexibility index (Phi) is 5.38. The molecule has 2 unspecified atom stereocenters. The first-order valence-corrected chi connectivity index (χ1v) is 12.2. The Morgan fingerprint density at radius 1 is 1.00 bits per heavy atom.